The third-order valence-electron chi connectivity index (χ3n) is 4.39. The SMILES string of the molecule is O=S1(=O)C[C@@H]2N=C(N(Cc3ccccc3Cl)c3ccccc3)S[C@@H]2C1. The molecule has 0 amide bonds. The minimum absolute atomic E-state index is 0.0254. The first kappa shape index (κ1) is 16.9. The molecule has 2 atom stereocenters. The lowest BCUT2D eigenvalue weighted by Gasteiger charge is -2.25. The second kappa shape index (κ2) is 6.67. The Morgan fingerprint density at radius 2 is 1.80 bits per heavy atom. The van der Waals surface area contributed by atoms with Crippen LogP contribution in [0.25, 0.3) is 0 Å². The van der Waals surface area contributed by atoms with E-state index in [0.717, 1.165) is 21.4 Å². The molecule has 2 aromatic rings. The number of halogens is 1. The fraction of sp³-hybridized carbons (Fsp3) is 0.278. The molecule has 4 nitrogen and oxygen atoms in total. The summed E-state index contributed by atoms with van der Waals surface area (Å²) in [5, 5.41) is 1.61. The lowest BCUT2D eigenvalue weighted by atomic mass is 10.2. The number of benzene rings is 2. The number of fused-ring (bicyclic) bond motifs is 1. The van der Waals surface area contributed by atoms with E-state index in [2.05, 4.69) is 4.90 Å². The summed E-state index contributed by atoms with van der Waals surface area (Å²) in [6, 6.07) is 17.6. The maximum atomic E-state index is 11.8. The van der Waals surface area contributed by atoms with E-state index >= 15 is 0 Å². The van der Waals surface area contributed by atoms with Crippen LogP contribution in [0.5, 0.6) is 0 Å². The monoisotopic (exact) mass is 392 g/mol. The third-order valence-corrected chi connectivity index (χ3v) is 8.01. The summed E-state index contributed by atoms with van der Waals surface area (Å²) in [6.45, 7) is 0.599. The van der Waals surface area contributed by atoms with Gasteiger partial charge in [-0.15, -0.1) is 0 Å². The van der Waals surface area contributed by atoms with Crippen LogP contribution in [-0.4, -0.2) is 36.4 Å². The average Bonchev–Trinajstić information content (AvgIpc) is 3.08. The van der Waals surface area contributed by atoms with Crippen molar-refractivity contribution in [2.45, 2.75) is 17.8 Å². The minimum Gasteiger partial charge on any atom is -0.317 e. The van der Waals surface area contributed by atoms with E-state index in [-0.39, 0.29) is 22.8 Å². The summed E-state index contributed by atoms with van der Waals surface area (Å²) in [6.07, 6.45) is 0. The molecule has 0 saturated carbocycles. The Hall–Kier alpha value is -1.50. The highest BCUT2D eigenvalue weighted by Gasteiger charge is 2.44. The lowest BCUT2D eigenvalue weighted by molar-refractivity contribution is 0.601. The molecule has 2 aliphatic heterocycles. The smallest absolute Gasteiger partial charge is 0.164 e. The Morgan fingerprint density at radius 1 is 1.08 bits per heavy atom. The molecule has 4 rings (SSSR count). The van der Waals surface area contributed by atoms with Crippen molar-refractivity contribution in [1.29, 1.82) is 0 Å². The predicted molar refractivity (Wildman–Crippen MR) is 105 cm³/mol. The first-order valence-corrected chi connectivity index (χ1v) is 11.1. The van der Waals surface area contributed by atoms with Crippen LogP contribution < -0.4 is 4.90 Å². The van der Waals surface area contributed by atoms with Crippen molar-refractivity contribution in [3.63, 3.8) is 0 Å². The topological polar surface area (TPSA) is 49.7 Å². The number of hydrogen-bond donors (Lipinski definition) is 0. The van der Waals surface area contributed by atoms with Gasteiger partial charge in [0.05, 0.1) is 24.1 Å². The van der Waals surface area contributed by atoms with Gasteiger partial charge in [-0.3, -0.25) is 4.99 Å². The van der Waals surface area contributed by atoms with Crippen LogP contribution in [-0.2, 0) is 16.4 Å². The van der Waals surface area contributed by atoms with E-state index in [1.807, 2.05) is 54.6 Å². The summed E-state index contributed by atoms with van der Waals surface area (Å²) in [5.74, 6) is 0.368. The zero-order valence-electron chi connectivity index (χ0n) is 13.4. The number of aliphatic imine (C=N–C) groups is 1. The van der Waals surface area contributed by atoms with E-state index in [4.69, 9.17) is 16.6 Å². The molecular formula is C18H17ClN2O2S2. The number of sulfone groups is 1. The summed E-state index contributed by atoms with van der Waals surface area (Å²) in [4.78, 5) is 6.85. The highest BCUT2D eigenvalue weighted by molar-refractivity contribution is 8.15. The van der Waals surface area contributed by atoms with Crippen molar-refractivity contribution in [2.75, 3.05) is 16.4 Å². The molecule has 0 aliphatic carbocycles. The molecule has 2 aromatic carbocycles. The van der Waals surface area contributed by atoms with Gasteiger partial charge >= 0.3 is 0 Å². The fourth-order valence-electron chi connectivity index (χ4n) is 3.15. The number of hydrogen-bond acceptors (Lipinski definition) is 5. The normalized spacial score (nSPS) is 24.0. The summed E-state index contributed by atoms with van der Waals surface area (Å²) >= 11 is 7.91. The van der Waals surface area contributed by atoms with E-state index in [1.54, 1.807) is 11.8 Å². The number of amidine groups is 1. The van der Waals surface area contributed by atoms with Gasteiger partial charge in [-0.05, 0) is 23.8 Å². The predicted octanol–water partition coefficient (Wildman–Crippen LogP) is 3.62. The highest BCUT2D eigenvalue weighted by Crippen LogP contribution is 2.37. The van der Waals surface area contributed by atoms with Crippen LogP contribution >= 0.6 is 23.4 Å². The maximum absolute atomic E-state index is 11.8. The molecule has 0 bridgehead atoms. The zero-order chi connectivity index (χ0) is 17.4. The average molecular weight is 393 g/mol. The molecule has 0 radical (unpaired) electrons. The highest BCUT2D eigenvalue weighted by atomic mass is 35.5. The Morgan fingerprint density at radius 3 is 2.52 bits per heavy atom. The molecule has 2 heterocycles. The van der Waals surface area contributed by atoms with Crippen molar-refractivity contribution in [2.24, 2.45) is 4.99 Å². The summed E-state index contributed by atoms with van der Waals surface area (Å²) in [7, 11) is -2.95. The molecule has 7 heteroatoms. The van der Waals surface area contributed by atoms with Gasteiger partial charge < -0.3 is 4.90 Å². The molecule has 130 valence electrons. The lowest BCUT2D eigenvalue weighted by Crippen LogP contribution is -2.28. The number of para-hydroxylation sites is 1. The largest absolute Gasteiger partial charge is 0.317 e. The van der Waals surface area contributed by atoms with E-state index in [9.17, 15) is 8.42 Å². The molecule has 1 fully saturated rings. The van der Waals surface area contributed by atoms with Crippen LogP contribution in [0.4, 0.5) is 5.69 Å². The molecule has 0 spiro atoms. The van der Waals surface area contributed by atoms with E-state index in [0.29, 0.717) is 6.54 Å². The Balaban J connectivity index is 1.67. The first-order chi connectivity index (χ1) is 12.0. The molecule has 0 aromatic heterocycles. The molecular weight excluding hydrogens is 376 g/mol. The number of anilines is 1. The number of nitrogens with zero attached hydrogens (tertiary/aromatic N) is 2. The van der Waals surface area contributed by atoms with E-state index in [1.165, 1.54) is 0 Å². The van der Waals surface area contributed by atoms with Crippen LogP contribution in [0.2, 0.25) is 5.02 Å². The van der Waals surface area contributed by atoms with Gasteiger partial charge in [0.1, 0.15) is 0 Å². The van der Waals surface area contributed by atoms with Crippen molar-refractivity contribution in [3.8, 4) is 0 Å². The van der Waals surface area contributed by atoms with Gasteiger partial charge in [0.2, 0.25) is 0 Å². The fourth-order valence-corrected chi connectivity index (χ4v) is 7.12. The minimum atomic E-state index is -2.95. The van der Waals surface area contributed by atoms with Crippen molar-refractivity contribution in [1.82, 2.24) is 0 Å². The second-order valence-electron chi connectivity index (χ2n) is 6.23. The Labute approximate surface area is 156 Å². The Bertz CT molecular complexity index is 916. The zero-order valence-corrected chi connectivity index (χ0v) is 15.8. The van der Waals surface area contributed by atoms with Crippen molar-refractivity contribution in [3.05, 3.63) is 65.2 Å². The van der Waals surface area contributed by atoms with Gasteiger partial charge in [0.25, 0.3) is 0 Å². The van der Waals surface area contributed by atoms with Gasteiger partial charge in [0.15, 0.2) is 15.0 Å². The van der Waals surface area contributed by atoms with Gasteiger partial charge in [0, 0.05) is 16.0 Å². The van der Waals surface area contributed by atoms with Crippen LogP contribution in [0.3, 0.4) is 0 Å². The third kappa shape index (κ3) is 3.57. The molecule has 25 heavy (non-hydrogen) atoms. The van der Waals surface area contributed by atoms with Crippen molar-refractivity contribution < 1.29 is 8.42 Å². The standard InChI is InChI=1S/C18H17ClN2O2S2/c19-15-9-5-4-6-13(15)10-21(14-7-2-1-3-8-14)18-20-16-11-25(22,23)12-17(16)24-18/h1-9,16-17H,10-12H2/t16-,17+/m0/s1. The maximum Gasteiger partial charge on any atom is 0.164 e. The molecule has 0 N–H and O–H groups in total. The van der Waals surface area contributed by atoms with Gasteiger partial charge in [-0.2, -0.15) is 0 Å². The second-order valence-corrected chi connectivity index (χ2v) is 9.99. The summed E-state index contributed by atoms with van der Waals surface area (Å²) in [5.41, 5.74) is 2.04. The molecule has 0 unspecified atom stereocenters. The number of thioether (sulfide) groups is 1. The van der Waals surface area contributed by atoms with Crippen LogP contribution in [0, 0.1) is 0 Å². The number of rotatable bonds is 3. The van der Waals surface area contributed by atoms with Gasteiger partial charge in [-0.1, -0.05) is 59.8 Å². The Kier molecular flexibility index (Phi) is 4.52. The van der Waals surface area contributed by atoms with Crippen molar-refractivity contribution >= 4 is 44.1 Å². The van der Waals surface area contributed by atoms with Crippen LogP contribution in [0.1, 0.15) is 5.56 Å². The first-order valence-electron chi connectivity index (χ1n) is 8.03. The van der Waals surface area contributed by atoms with E-state index < -0.39 is 9.84 Å². The van der Waals surface area contributed by atoms with Crippen LogP contribution in [0.15, 0.2) is 59.6 Å². The summed E-state index contributed by atoms with van der Waals surface area (Å²) < 4.78 is 23.6. The quantitative estimate of drug-likeness (QED) is 0.800. The molecule has 2 aliphatic rings. The van der Waals surface area contributed by atoms with Gasteiger partial charge in [-0.25, -0.2) is 8.42 Å². The molecule has 1 saturated heterocycles.